The number of benzene rings is 2. The molecule has 0 spiro atoms. The van der Waals surface area contributed by atoms with Crippen LogP contribution in [0.5, 0.6) is 11.5 Å². The van der Waals surface area contributed by atoms with Gasteiger partial charge < -0.3 is 19.1 Å². The average molecular weight is 371 g/mol. The van der Waals surface area contributed by atoms with Crippen molar-refractivity contribution in [1.82, 2.24) is 4.90 Å². The molecule has 2 aromatic carbocycles. The van der Waals surface area contributed by atoms with Crippen LogP contribution < -0.4 is 9.47 Å². The molecule has 0 aliphatic rings. The van der Waals surface area contributed by atoms with Crippen molar-refractivity contribution in [2.24, 2.45) is 0 Å². The zero-order valence-electron chi connectivity index (χ0n) is 16.1. The van der Waals surface area contributed by atoms with E-state index in [0.29, 0.717) is 30.3 Å². The Morgan fingerprint density at radius 2 is 1.56 bits per heavy atom. The van der Waals surface area contributed by atoms with Crippen LogP contribution in [0.2, 0.25) is 0 Å². The van der Waals surface area contributed by atoms with Gasteiger partial charge in [0.1, 0.15) is 0 Å². The van der Waals surface area contributed by atoms with Crippen LogP contribution in [0.4, 0.5) is 0 Å². The summed E-state index contributed by atoms with van der Waals surface area (Å²) in [6.45, 7) is 4.64. The van der Waals surface area contributed by atoms with E-state index in [0.717, 1.165) is 0 Å². The highest BCUT2D eigenvalue weighted by atomic mass is 16.5. The van der Waals surface area contributed by atoms with Gasteiger partial charge in [0.15, 0.2) is 11.5 Å². The zero-order valence-corrected chi connectivity index (χ0v) is 16.1. The van der Waals surface area contributed by atoms with Crippen LogP contribution in [-0.4, -0.2) is 44.1 Å². The van der Waals surface area contributed by atoms with Crippen molar-refractivity contribution in [2.45, 2.75) is 20.0 Å². The van der Waals surface area contributed by atoms with Gasteiger partial charge in [0, 0.05) is 19.7 Å². The number of ether oxygens (including phenoxy) is 3. The van der Waals surface area contributed by atoms with Crippen LogP contribution in [0.1, 0.15) is 35.9 Å². The van der Waals surface area contributed by atoms with E-state index in [1.807, 2.05) is 19.9 Å². The molecule has 0 fully saturated rings. The standard InChI is InChI=1S/C21H25NO5/c1-5-25-17-13-12-16(14-18(17)26-6-2)21(24)27-19(20(23)22(3)4)15-10-8-7-9-11-15/h7-14,19H,5-6H2,1-4H3. The van der Waals surface area contributed by atoms with Crippen molar-refractivity contribution >= 4 is 11.9 Å². The number of esters is 1. The number of carbonyl (C=O) groups is 2. The van der Waals surface area contributed by atoms with Crippen LogP contribution in [0.15, 0.2) is 48.5 Å². The summed E-state index contributed by atoms with van der Waals surface area (Å²) in [7, 11) is 3.24. The molecular weight excluding hydrogens is 346 g/mol. The lowest BCUT2D eigenvalue weighted by molar-refractivity contribution is -0.138. The molecule has 0 saturated carbocycles. The number of hydrogen-bond donors (Lipinski definition) is 0. The van der Waals surface area contributed by atoms with Gasteiger partial charge in [0.05, 0.1) is 18.8 Å². The van der Waals surface area contributed by atoms with E-state index < -0.39 is 12.1 Å². The normalized spacial score (nSPS) is 11.4. The fourth-order valence-corrected chi connectivity index (χ4v) is 2.48. The van der Waals surface area contributed by atoms with Gasteiger partial charge in [-0.2, -0.15) is 0 Å². The quantitative estimate of drug-likeness (QED) is 0.665. The monoisotopic (exact) mass is 371 g/mol. The summed E-state index contributed by atoms with van der Waals surface area (Å²) < 4.78 is 16.6. The molecule has 0 saturated heterocycles. The zero-order chi connectivity index (χ0) is 19.8. The Hall–Kier alpha value is -3.02. The molecule has 0 aromatic heterocycles. The van der Waals surface area contributed by atoms with Gasteiger partial charge in [0.25, 0.3) is 5.91 Å². The molecular formula is C21H25NO5. The topological polar surface area (TPSA) is 65.1 Å². The molecule has 144 valence electrons. The maximum absolute atomic E-state index is 12.7. The van der Waals surface area contributed by atoms with E-state index in [1.54, 1.807) is 56.6 Å². The van der Waals surface area contributed by atoms with Crippen LogP contribution in [0.3, 0.4) is 0 Å². The van der Waals surface area contributed by atoms with E-state index in [2.05, 4.69) is 0 Å². The Labute approximate surface area is 159 Å². The third-order valence-corrected chi connectivity index (χ3v) is 3.77. The van der Waals surface area contributed by atoms with Crippen LogP contribution in [0, 0.1) is 0 Å². The molecule has 0 aliphatic heterocycles. The van der Waals surface area contributed by atoms with Crippen molar-refractivity contribution in [3.8, 4) is 11.5 Å². The highest BCUT2D eigenvalue weighted by Crippen LogP contribution is 2.30. The molecule has 6 nitrogen and oxygen atoms in total. The largest absolute Gasteiger partial charge is 0.490 e. The minimum atomic E-state index is -1.02. The lowest BCUT2D eigenvalue weighted by atomic mass is 10.1. The van der Waals surface area contributed by atoms with Crippen molar-refractivity contribution < 1.29 is 23.8 Å². The van der Waals surface area contributed by atoms with Gasteiger partial charge in [-0.15, -0.1) is 0 Å². The minimum Gasteiger partial charge on any atom is -0.490 e. The minimum absolute atomic E-state index is 0.286. The van der Waals surface area contributed by atoms with E-state index >= 15 is 0 Å². The van der Waals surface area contributed by atoms with Gasteiger partial charge in [-0.25, -0.2) is 4.79 Å². The number of amides is 1. The van der Waals surface area contributed by atoms with Gasteiger partial charge in [-0.3, -0.25) is 4.79 Å². The first-order chi connectivity index (χ1) is 13.0. The molecule has 27 heavy (non-hydrogen) atoms. The summed E-state index contributed by atoms with van der Waals surface area (Å²) in [5, 5.41) is 0. The fraction of sp³-hybridized carbons (Fsp3) is 0.333. The molecule has 6 heteroatoms. The second-order valence-corrected chi connectivity index (χ2v) is 5.96. The fourth-order valence-electron chi connectivity index (χ4n) is 2.48. The molecule has 1 unspecified atom stereocenters. The van der Waals surface area contributed by atoms with Crippen LogP contribution in [-0.2, 0) is 9.53 Å². The number of hydrogen-bond acceptors (Lipinski definition) is 5. The van der Waals surface area contributed by atoms with Gasteiger partial charge in [-0.1, -0.05) is 30.3 Å². The van der Waals surface area contributed by atoms with Crippen LogP contribution >= 0.6 is 0 Å². The molecule has 2 rings (SSSR count). The molecule has 1 atom stereocenters. The summed E-state index contributed by atoms with van der Waals surface area (Å²) in [5.41, 5.74) is 0.898. The lowest BCUT2D eigenvalue weighted by Crippen LogP contribution is -2.31. The molecule has 0 aliphatic carbocycles. The third-order valence-electron chi connectivity index (χ3n) is 3.77. The third kappa shape index (κ3) is 5.23. The summed E-state index contributed by atoms with van der Waals surface area (Å²) >= 11 is 0. The second kappa shape index (κ2) is 9.62. The number of rotatable bonds is 8. The van der Waals surface area contributed by atoms with Crippen molar-refractivity contribution in [3.63, 3.8) is 0 Å². The highest BCUT2D eigenvalue weighted by molar-refractivity contribution is 5.93. The summed E-state index contributed by atoms with van der Waals surface area (Å²) in [6.07, 6.45) is -1.02. The first-order valence-corrected chi connectivity index (χ1v) is 8.84. The first-order valence-electron chi connectivity index (χ1n) is 8.84. The molecule has 0 N–H and O–H groups in total. The molecule has 0 radical (unpaired) electrons. The molecule has 1 amide bonds. The number of nitrogens with zero attached hydrogens (tertiary/aromatic N) is 1. The predicted octanol–water partition coefficient (Wildman–Crippen LogP) is 3.47. The second-order valence-electron chi connectivity index (χ2n) is 5.96. The van der Waals surface area contributed by atoms with E-state index in [-0.39, 0.29) is 11.5 Å². The van der Waals surface area contributed by atoms with Crippen LogP contribution in [0.25, 0.3) is 0 Å². The van der Waals surface area contributed by atoms with Crippen molar-refractivity contribution in [1.29, 1.82) is 0 Å². The maximum Gasteiger partial charge on any atom is 0.339 e. The van der Waals surface area contributed by atoms with Gasteiger partial charge >= 0.3 is 5.97 Å². The molecule has 0 heterocycles. The van der Waals surface area contributed by atoms with Crippen molar-refractivity contribution in [2.75, 3.05) is 27.3 Å². The highest BCUT2D eigenvalue weighted by Gasteiger charge is 2.27. The lowest BCUT2D eigenvalue weighted by Gasteiger charge is -2.21. The van der Waals surface area contributed by atoms with Crippen molar-refractivity contribution in [3.05, 3.63) is 59.7 Å². The van der Waals surface area contributed by atoms with E-state index in [1.165, 1.54) is 4.90 Å². The number of carbonyl (C=O) groups excluding carboxylic acids is 2. The Bertz CT molecular complexity index is 773. The Morgan fingerprint density at radius 3 is 2.15 bits per heavy atom. The first kappa shape index (κ1) is 20.3. The average Bonchev–Trinajstić information content (AvgIpc) is 2.67. The maximum atomic E-state index is 12.7. The summed E-state index contributed by atoms with van der Waals surface area (Å²) in [6, 6.07) is 13.8. The SMILES string of the molecule is CCOc1ccc(C(=O)OC(C(=O)N(C)C)c2ccccc2)cc1OCC. The number of likely N-dealkylation sites (N-methyl/N-ethyl adjacent to an activating group) is 1. The van der Waals surface area contributed by atoms with E-state index in [9.17, 15) is 9.59 Å². The van der Waals surface area contributed by atoms with Gasteiger partial charge in [0.2, 0.25) is 6.10 Å². The summed E-state index contributed by atoms with van der Waals surface area (Å²) in [4.78, 5) is 26.6. The summed E-state index contributed by atoms with van der Waals surface area (Å²) in [5.74, 6) is 0.0949. The van der Waals surface area contributed by atoms with E-state index in [4.69, 9.17) is 14.2 Å². The molecule has 0 bridgehead atoms. The van der Waals surface area contributed by atoms with Gasteiger partial charge in [-0.05, 0) is 32.0 Å². The smallest absolute Gasteiger partial charge is 0.339 e. The Balaban J connectivity index is 2.29. The molecule has 2 aromatic rings. The Kier molecular flexibility index (Phi) is 7.23. The predicted molar refractivity (Wildman–Crippen MR) is 102 cm³/mol. The Morgan fingerprint density at radius 1 is 0.926 bits per heavy atom.